The second-order valence-electron chi connectivity index (χ2n) is 5.63. The normalized spacial score (nSPS) is 13.7. The third kappa shape index (κ3) is 2.92. The van der Waals surface area contributed by atoms with Crippen molar-refractivity contribution in [2.45, 2.75) is 19.8 Å². The minimum Gasteiger partial charge on any atom is -0.374 e. The Balaban J connectivity index is 1.80. The Labute approximate surface area is 125 Å². The van der Waals surface area contributed by atoms with Crippen molar-refractivity contribution in [3.8, 4) is 0 Å². The monoisotopic (exact) mass is 280 g/mol. The van der Waals surface area contributed by atoms with E-state index in [2.05, 4.69) is 35.5 Å². The van der Waals surface area contributed by atoms with E-state index in [9.17, 15) is 4.79 Å². The summed E-state index contributed by atoms with van der Waals surface area (Å²) in [5.74, 6) is 0.0957. The fourth-order valence-electron chi connectivity index (χ4n) is 2.82. The van der Waals surface area contributed by atoms with Crippen LogP contribution in [-0.4, -0.2) is 19.4 Å². The number of hydrogen-bond acceptors (Lipinski definition) is 3. The summed E-state index contributed by atoms with van der Waals surface area (Å²) in [6.07, 6.45) is 2.35. The van der Waals surface area contributed by atoms with Gasteiger partial charge in [-0.2, -0.15) is 0 Å². The lowest BCUT2D eigenvalue weighted by Crippen LogP contribution is -2.24. The Morgan fingerprint density at radius 2 is 1.81 bits per heavy atom. The summed E-state index contributed by atoms with van der Waals surface area (Å²) in [5.41, 5.74) is 5.57. The zero-order valence-corrected chi connectivity index (χ0v) is 12.5. The fourth-order valence-corrected chi connectivity index (χ4v) is 2.82. The molecule has 0 unspecified atom stereocenters. The lowest BCUT2D eigenvalue weighted by molar-refractivity contribution is 0.101. The zero-order chi connectivity index (χ0) is 14.8. The Bertz CT molecular complexity index is 661. The van der Waals surface area contributed by atoms with E-state index in [1.165, 1.54) is 17.7 Å². The molecule has 108 valence electrons. The van der Waals surface area contributed by atoms with Gasteiger partial charge >= 0.3 is 0 Å². The Morgan fingerprint density at radius 3 is 2.52 bits per heavy atom. The molecule has 0 saturated heterocycles. The van der Waals surface area contributed by atoms with Gasteiger partial charge in [-0.1, -0.05) is 0 Å². The maximum Gasteiger partial charge on any atom is 0.159 e. The maximum absolute atomic E-state index is 11.3. The maximum atomic E-state index is 11.3. The number of nitrogens with one attached hydrogen (secondary N) is 1. The van der Waals surface area contributed by atoms with Gasteiger partial charge in [0.05, 0.1) is 0 Å². The van der Waals surface area contributed by atoms with Gasteiger partial charge in [-0.25, -0.2) is 0 Å². The van der Waals surface area contributed by atoms with Gasteiger partial charge in [0.25, 0.3) is 0 Å². The molecular weight excluding hydrogens is 260 g/mol. The van der Waals surface area contributed by atoms with E-state index >= 15 is 0 Å². The molecule has 0 saturated carbocycles. The molecule has 0 radical (unpaired) electrons. The zero-order valence-electron chi connectivity index (χ0n) is 12.5. The number of hydrogen-bond donors (Lipinski definition) is 1. The van der Waals surface area contributed by atoms with E-state index in [0.29, 0.717) is 0 Å². The second kappa shape index (κ2) is 5.60. The average Bonchev–Trinajstić information content (AvgIpc) is 2.48. The molecule has 0 spiro atoms. The van der Waals surface area contributed by atoms with Gasteiger partial charge in [-0.05, 0) is 67.8 Å². The number of Topliss-reactive ketones (excluding diaryl/α,β-unsaturated/α-hetero) is 1. The first kappa shape index (κ1) is 13.7. The number of carbonyl (C=O) groups is 1. The summed E-state index contributed by atoms with van der Waals surface area (Å²) in [6.45, 7) is 2.72. The van der Waals surface area contributed by atoms with Crippen molar-refractivity contribution < 1.29 is 4.79 Å². The molecule has 1 aliphatic rings. The van der Waals surface area contributed by atoms with Crippen LogP contribution in [0.1, 0.15) is 29.3 Å². The molecule has 21 heavy (non-hydrogen) atoms. The largest absolute Gasteiger partial charge is 0.374 e. The molecule has 0 amide bonds. The molecule has 0 fully saturated rings. The highest BCUT2D eigenvalue weighted by atomic mass is 16.1. The van der Waals surface area contributed by atoms with E-state index in [-0.39, 0.29) is 5.78 Å². The van der Waals surface area contributed by atoms with Crippen LogP contribution in [0.2, 0.25) is 0 Å². The molecule has 1 heterocycles. The van der Waals surface area contributed by atoms with Crippen LogP contribution in [0.15, 0.2) is 42.5 Å². The number of carbonyl (C=O) groups excluding carboxylic acids is 1. The van der Waals surface area contributed by atoms with E-state index in [0.717, 1.165) is 29.9 Å². The minimum absolute atomic E-state index is 0.0957. The van der Waals surface area contributed by atoms with E-state index in [4.69, 9.17) is 0 Å². The third-order valence-electron chi connectivity index (χ3n) is 4.01. The number of nitrogens with zero attached hydrogens (tertiary/aromatic N) is 1. The Hall–Kier alpha value is -2.29. The van der Waals surface area contributed by atoms with Gasteiger partial charge in [0.1, 0.15) is 0 Å². The van der Waals surface area contributed by atoms with Gasteiger partial charge < -0.3 is 10.2 Å². The van der Waals surface area contributed by atoms with Crippen LogP contribution in [0.4, 0.5) is 17.1 Å². The molecule has 0 aliphatic carbocycles. The summed E-state index contributed by atoms with van der Waals surface area (Å²) >= 11 is 0. The standard InChI is InChI=1S/C18H20N2O/c1-13(21)14-5-7-16(8-6-14)19-17-9-10-18-15(12-17)4-3-11-20(18)2/h5-10,12,19H,3-4,11H2,1-2H3. The summed E-state index contributed by atoms with van der Waals surface area (Å²) in [6, 6.07) is 14.1. The highest BCUT2D eigenvalue weighted by Gasteiger charge is 2.13. The van der Waals surface area contributed by atoms with Crippen molar-refractivity contribution in [1.29, 1.82) is 0 Å². The van der Waals surface area contributed by atoms with Crippen LogP contribution in [-0.2, 0) is 6.42 Å². The fraction of sp³-hybridized carbons (Fsp3) is 0.278. The molecule has 2 aromatic rings. The second-order valence-corrected chi connectivity index (χ2v) is 5.63. The molecule has 3 rings (SSSR count). The first-order chi connectivity index (χ1) is 10.1. The molecule has 0 aromatic heterocycles. The topological polar surface area (TPSA) is 32.3 Å². The van der Waals surface area contributed by atoms with E-state index in [1.807, 2.05) is 24.3 Å². The smallest absolute Gasteiger partial charge is 0.159 e. The van der Waals surface area contributed by atoms with Gasteiger partial charge in [0.2, 0.25) is 0 Å². The van der Waals surface area contributed by atoms with Crippen molar-refractivity contribution in [1.82, 2.24) is 0 Å². The van der Waals surface area contributed by atoms with Gasteiger partial charge in [0, 0.05) is 36.2 Å². The van der Waals surface area contributed by atoms with Gasteiger partial charge in [0.15, 0.2) is 5.78 Å². The highest BCUT2D eigenvalue weighted by Crippen LogP contribution is 2.29. The Morgan fingerprint density at radius 1 is 1.10 bits per heavy atom. The van der Waals surface area contributed by atoms with Crippen LogP contribution >= 0.6 is 0 Å². The first-order valence-corrected chi connectivity index (χ1v) is 7.35. The number of benzene rings is 2. The van der Waals surface area contributed by atoms with Crippen LogP contribution in [0, 0.1) is 0 Å². The molecular formula is C18H20N2O. The molecule has 3 nitrogen and oxygen atoms in total. The molecule has 0 atom stereocenters. The van der Waals surface area contributed by atoms with Crippen LogP contribution in [0.25, 0.3) is 0 Å². The first-order valence-electron chi connectivity index (χ1n) is 7.35. The minimum atomic E-state index is 0.0957. The third-order valence-corrected chi connectivity index (χ3v) is 4.01. The van der Waals surface area contributed by atoms with Crippen molar-refractivity contribution >= 4 is 22.8 Å². The van der Waals surface area contributed by atoms with Crippen LogP contribution < -0.4 is 10.2 Å². The van der Waals surface area contributed by atoms with Gasteiger partial charge in [-0.3, -0.25) is 4.79 Å². The quantitative estimate of drug-likeness (QED) is 0.862. The molecule has 3 heteroatoms. The van der Waals surface area contributed by atoms with Crippen LogP contribution in [0.5, 0.6) is 0 Å². The lowest BCUT2D eigenvalue weighted by atomic mass is 10.0. The van der Waals surface area contributed by atoms with Crippen molar-refractivity contribution in [3.63, 3.8) is 0 Å². The summed E-state index contributed by atoms with van der Waals surface area (Å²) in [5, 5.41) is 3.41. The highest BCUT2D eigenvalue weighted by molar-refractivity contribution is 5.94. The number of anilines is 3. The molecule has 1 aliphatic heterocycles. The van der Waals surface area contributed by atoms with E-state index < -0.39 is 0 Å². The molecule has 1 N–H and O–H groups in total. The van der Waals surface area contributed by atoms with Crippen molar-refractivity contribution in [2.75, 3.05) is 23.8 Å². The predicted molar refractivity (Wildman–Crippen MR) is 87.8 cm³/mol. The lowest BCUT2D eigenvalue weighted by Gasteiger charge is -2.28. The predicted octanol–water partition coefficient (Wildman–Crippen LogP) is 4.02. The summed E-state index contributed by atoms with van der Waals surface area (Å²) < 4.78 is 0. The van der Waals surface area contributed by atoms with Crippen molar-refractivity contribution in [2.24, 2.45) is 0 Å². The van der Waals surface area contributed by atoms with E-state index in [1.54, 1.807) is 6.92 Å². The number of aryl methyl sites for hydroxylation is 1. The number of rotatable bonds is 3. The number of fused-ring (bicyclic) bond motifs is 1. The van der Waals surface area contributed by atoms with Crippen molar-refractivity contribution in [3.05, 3.63) is 53.6 Å². The molecule has 2 aromatic carbocycles. The summed E-state index contributed by atoms with van der Waals surface area (Å²) in [4.78, 5) is 13.6. The van der Waals surface area contributed by atoms with Gasteiger partial charge in [-0.15, -0.1) is 0 Å². The molecule has 0 bridgehead atoms. The SMILES string of the molecule is CC(=O)c1ccc(Nc2ccc3c(c2)CCCN3C)cc1. The van der Waals surface area contributed by atoms with Crippen LogP contribution in [0.3, 0.4) is 0 Å². The summed E-state index contributed by atoms with van der Waals surface area (Å²) in [7, 11) is 2.14. The average molecular weight is 280 g/mol. The Kier molecular flexibility index (Phi) is 3.65. The number of ketones is 1.